The first kappa shape index (κ1) is 13.2. The summed E-state index contributed by atoms with van der Waals surface area (Å²) in [6.45, 7) is 0. The van der Waals surface area contributed by atoms with Gasteiger partial charge in [0.05, 0.1) is 5.56 Å². The van der Waals surface area contributed by atoms with Gasteiger partial charge >= 0.3 is 6.18 Å². The minimum atomic E-state index is -4.37. The van der Waals surface area contributed by atoms with Crippen LogP contribution >= 0.6 is 0 Å². The Labute approximate surface area is 114 Å². The van der Waals surface area contributed by atoms with Gasteiger partial charge in [-0.15, -0.1) is 0 Å². The molecule has 20 heavy (non-hydrogen) atoms. The Bertz CT molecular complexity index is 547. The number of hydrogen-bond donors (Lipinski definition) is 1. The zero-order valence-electron chi connectivity index (χ0n) is 10.7. The molecular formula is C15H14F3NO. The summed E-state index contributed by atoms with van der Waals surface area (Å²) in [6.07, 6.45) is 1.91. The zero-order valence-corrected chi connectivity index (χ0v) is 10.7. The van der Waals surface area contributed by atoms with E-state index in [4.69, 9.17) is 0 Å². The van der Waals surface area contributed by atoms with E-state index in [-0.39, 0.29) is 17.5 Å². The van der Waals surface area contributed by atoms with E-state index in [2.05, 4.69) is 17.5 Å². The maximum atomic E-state index is 12.4. The number of carbonyl (C=O) groups excluding carboxylic acids is 1. The molecule has 0 heterocycles. The van der Waals surface area contributed by atoms with Crippen molar-refractivity contribution in [2.45, 2.75) is 25.1 Å². The Morgan fingerprint density at radius 3 is 2.30 bits per heavy atom. The lowest BCUT2D eigenvalue weighted by Gasteiger charge is -2.19. The number of hydrogen-bond acceptors (Lipinski definition) is 1. The van der Waals surface area contributed by atoms with Gasteiger partial charge in [0, 0.05) is 11.6 Å². The number of fused-ring (bicyclic) bond motifs is 2. The predicted molar refractivity (Wildman–Crippen MR) is 68.1 cm³/mol. The first-order valence-electron chi connectivity index (χ1n) is 6.60. The molecule has 0 aromatic heterocycles. The van der Waals surface area contributed by atoms with Gasteiger partial charge < -0.3 is 5.32 Å². The lowest BCUT2D eigenvalue weighted by molar-refractivity contribution is -0.137. The molecule has 2 aliphatic carbocycles. The summed E-state index contributed by atoms with van der Waals surface area (Å²) in [5, 5.41) is 2.91. The van der Waals surface area contributed by atoms with E-state index in [1.807, 2.05) is 0 Å². The van der Waals surface area contributed by atoms with Gasteiger partial charge in [-0.25, -0.2) is 0 Å². The van der Waals surface area contributed by atoms with Gasteiger partial charge in [0.2, 0.25) is 0 Å². The van der Waals surface area contributed by atoms with E-state index in [1.165, 1.54) is 12.1 Å². The molecule has 1 aromatic carbocycles. The smallest absolute Gasteiger partial charge is 0.349 e. The highest BCUT2D eigenvalue weighted by molar-refractivity contribution is 5.94. The van der Waals surface area contributed by atoms with Crippen LogP contribution in [0.15, 0.2) is 36.4 Å². The van der Waals surface area contributed by atoms with Gasteiger partial charge in [-0.05, 0) is 48.9 Å². The van der Waals surface area contributed by atoms with Crippen LogP contribution in [0.4, 0.5) is 13.2 Å². The Hall–Kier alpha value is -1.78. The molecule has 0 spiro atoms. The second-order valence-corrected chi connectivity index (χ2v) is 5.44. The lowest BCUT2D eigenvalue weighted by atomic mass is 10.0. The number of alkyl halides is 3. The number of allylic oxidation sites excluding steroid dienone is 1. The highest BCUT2D eigenvalue weighted by atomic mass is 19.4. The SMILES string of the molecule is O=C(N[C@@H]1C[C@H]2C=C[C@@H]1C2)c1ccc(C(F)(F)F)cc1. The largest absolute Gasteiger partial charge is 0.416 e. The summed E-state index contributed by atoms with van der Waals surface area (Å²) in [5.74, 6) is 0.612. The third-order valence-corrected chi connectivity index (χ3v) is 4.07. The normalized spacial score (nSPS) is 27.9. The van der Waals surface area contributed by atoms with Crippen molar-refractivity contribution in [3.8, 4) is 0 Å². The van der Waals surface area contributed by atoms with Gasteiger partial charge in [0.1, 0.15) is 0 Å². The Kier molecular flexibility index (Phi) is 3.07. The molecule has 0 radical (unpaired) electrons. The molecule has 106 valence electrons. The summed E-state index contributed by atoms with van der Waals surface area (Å²) in [6, 6.07) is 4.44. The summed E-state index contributed by atoms with van der Waals surface area (Å²) in [4.78, 5) is 12.0. The third-order valence-electron chi connectivity index (χ3n) is 4.07. The highest BCUT2D eigenvalue weighted by Gasteiger charge is 2.36. The van der Waals surface area contributed by atoms with Crippen LogP contribution in [-0.4, -0.2) is 11.9 Å². The van der Waals surface area contributed by atoms with E-state index in [0.717, 1.165) is 25.0 Å². The molecule has 1 saturated carbocycles. The number of rotatable bonds is 2. The standard InChI is InChI=1S/C15H14F3NO/c16-15(17,18)12-5-3-10(4-6-12)14(20)19-13-8-9-1-2-11(13)7-9/h1-6,9,11,13H,7-8H2,(H,19,20)/t9-,11+,13+/m0/s1. The first-order valence-corrected chi connectivity index (χ1v) is 6.60. The monoisotopic (exact) mass is 281 g/mol. The summed E-state index contributed by atoms with van der Waals surface area (Å²) < 4.78 is 37.3. The molecule has 3 rings (SSSR count). The van der Waals surface area contributed by atoms with Crippen LogP contribution in [0, 0.1) is 11.8 Å². The van der Waals surface area contributed by atoms with Gasteiger partial charge in [0.15, 0.2) is 0 Å². The zero-order chi connectivity index (χ0) is 14.3. The fourth-order valence-corrected chi connectivity index (χ4v) is 3.01. The van der Waals surface area contributed by atoms with Gasteiger partial charge in [-0.2, -0.15) is 13.2 Å². The van der Waals surface area contributed by atoms with Crippen LogP contribution in [0.3, 0.4) is 0 Å². The minimum Gasteiger partial charge on any atom is -0.349 e. The molecule has 2 nitrogen and oxygen atoms in total. The molecule has 1 fully saturated rings. The summed E-state index contributed by atoms with van der Waals surface area (Å²) >= 11 is 0. The van der Waals surface area contributed by atoms with Crippen molar-refractivity contribution in [2.24, 2.45) is 11.8 Å². The second-order valence-electron chi connectivity index (χ2n) is 5.44. The van der Waals surface area contributed by atoms with Crippen LogP contribution in [0.5, 0.6) is 0 Å². The molecule has 1 aromatic rings. The molecule has 2 bridgehead atoms. The average Bonchev–Trinajstić information content (AvgIpc) is 3.00. The quantitative estimate of drug-likeness (QED) is 0.827. The predicted octanol–water partition coefficient (Wildman–Crippen LogP) is 3.40. The number of nitrogens with one attached hydrogen (secondary N) is 1. The van der Waals surface area contributed by atoms with E-state index in [0.29, 0.717) is 11.8 Å². The Balaban J connectivity index is 1.67. The number of amides is 1. The lowest BCUT2D eigenvalue weighted by Crippen LogP contribution is -2.37. The number of benzene rings is 1. The minimum absolute atomic E-state index is 0.111. The molecule has 3 atom stereocenters. The van der Waals surface area contributed by atoms with Gasteiger partial charge in [-0.3, -0.25) is 4.79 Å². The van der Waals surface area contributed by atoms with Crippen molar-refractivity contribution in [1.82, 2.24) is 5.32 Å². The maximum absolute atomic E-state index is 12.4. The van der Waals surface area contributed by atoms with E-state index >= 15 is 0 Å². The molecule has 0 aliphatic heterocycles. The van der Waals surface area contributed by atoms with Crippen molar-refractivity contribution < 1.29 is 18.0 Å². The Morgan fingerprint density at radius 2 is 1.80 bits per heavy atom. The van der Waals surface area contributed by atoms with Crippen LogP contribution in [0.1, 0.15) is 28.8 Å². The molecular weight excluding hydrogens is 267 g/mol. The van der Waals surface area contributed by atoms with E-state index in [9.17, 15) is 18.0 Å². The average molecular weight is 281 g/mol. The van der Waals surface area contributed by atoms with E-state index < -0.39 is 11.7 Å². The fraction of sp³-hybridized carbons (Fsp3) is 0.400. The maximum Gasteiger partial charge on any atom is 0.416 e. The molecule has 2 aliphatic rings. The van der Waals surface area contributed by atoms with Crippen LogP contribution < -0.4 is 5.32 Å². The van der Waals surface area contributed by atoms with Crippen molar-refractivity contribution in [2.75, 3.05) is 0 Å². The fourth-order valence-electron chi connectivity index (χ4n) is 3.01. The van der Waals surface area contributed by atoms with Crippen molar-refractivity contribution in [1.29, 1.82) is 0 Å². The van der Waals surface area contributed by atoms with Crippen molar-refractivity contribution >= 4 is 5.91 Å². The molecule has 1 amide bonds. The summed E-state index contributed by atoms with van der Waals surface area (Å²) in [5.41, 5.74) is -0.471. The number of halogens is 3. The molecule has 0 saturated heterocycles. The van der Waals surface area contributed by atoms with Crippen molar-refractivity contribution in [3.05, 3.63) is 47.5 Å². The van der Waals surface area contributed by atoms with Gasteiger partial charge in [0.25, 0.3) is 5.91 Å². The highest BCUT2D eigenvalue weighted by Crippen LogP contribution is 2.39. The topological polar surface area (TPSA) is 29.1 Å². The Morgan fingerprint density at radius 1 is 1.10 bits per heavy atom. The summed E-state index contributed by atoms with van der Waals surface area (Å²) in [7, 11) is 0. The number of carbonyl (C=O) groups is 1. The van der Waals surface area contributed by atoms with Crippen LogP contribution in [0.2, 0.25) is 0 Å². The van der Waals surface area contributed by atoms with Crippen molar-refractivity contribution in [3.63, 3.8) is 0 Å². The third kappa shape index (κ3) is 2.44. The van der Waals surface area contributed by atoms with Gasteiger partial charge in [-0.1, -0.05) is 12.2 Å². The van der Waals surface area contributed by atoms with E-state index in [1.54, 1.807) is 0 Å². The van der Waals surface area contributed by atoms with Crippen LogP contribution in [0.25, 0.3) is 0 Å². The van der Waals surface area contributed by atoms with Crippen LogP contribution in [-0.2, 0) is 6.18 Å². The molecule has 0 unspecified atom stereocenters. The molecule has 5 heteroatoms. The molecule has 1 N–H and O–H groups in total. The first-order chi connectivity index (χ1) is 9.43. The second kappa shape index (κ2) is 4.65.